The monoisotopic (exact) mass is 545 g/mol. The largest absolute Gasteiger partial charge is 0.497 e. The highest BCUT2D eigenvalue weighted by atomic mass is 16.5. The van der Waals surface area contributed by atoms with E-state index >= 15 is 0 Å². The third-order valence-electron chi connectivity index (χ3n) is 7.37. The zero-order chi connectivity index (χ0) is 28.5. The average molecular weight is 546 g/mol. The Labute approximate surface area is 236 Å². The van der Waals surface area contributed by atoms with Crippen molar-refractivity contribution in [1.29, 1.82) is 0 Å². The number of carbonyl (C=O) groups is 2. The third kappa shape index (κ3) is 7.28. The number of nitrogens with zero attached hydrogens (tertiary/aromatic N) is 5. The van der Waals surface area contributed by atoms with Crippen molar-refractivity contribution in [3.05, 3.63) is 66.2 Å². The summed E-state index contributed by atoms with van der Waals surface area (Å²) in [5.41, 5.74) is 2.27. The first-order chi connectivity index (χ1) is 19.4. The highest BCUT2D eigenvalue weighted by molar-refractivity contribution is 5.96. The summed E-state index contributed by atoms with van der Waals surface area (Å²) in [6.45, 7) is 7.41. The van der Waals surface area contributed by atoms with Crippen LogP contribution in [0.2, 0.25) is 0 Å². The van der Waals surface area contributed by atoms with Gasteiger partial charge in [0.25, 0.3) is 5.91 Å². The molecule has 3 aromatic rings. The Kier molecular flexibility index (Phi) is 9.94. The number of amides is 2. The Morgan fingerprint density at radius 2 is 1.70 bits per heavy atom. The highest BCUT2D eigenvalue weighted by Gasteiger charge is 2.25. The fourth-order valence-corrected chi connectivity index (χ4v) is 4.73. The standard InChI is InChI=1S/C31H39N5O4/c1-5-23(2)21-36(31(38)24-10-12-26(39-3)13-11-24)22-30(37)35-17-7-16-34(18-19-35)29-15-14-28(32-33-29)25-8-6-9-27(20-25)40-4/h6,8-15,20,23H,5,7,16-19,21-22H2,1-4H3. The second kappa shape index (κ2) is 13.8. The topological polar surface area (TPSA) is 88.1 Å². The van der Waals surface area contributed by atoms with Gasteiger partial charge in [-0.1, -0.05) is 32.4 Å². The van der Waals surface area contributed by atoms with Gasteiger partial charge in [0.15, 0.2) is 5.82 Å². The summed E-state index contributed by atoms with van der Waals surface area (Å²) in [5.74, 6) is 2.36. The molecule has 212 valence electrons. The minimum Gasteiger partial charge on any atom is -0.497 e. The molecule has 4 rings (SSSR count). The molecule has 2 aromatic carbocycles. The summed E-state index contributed by atoms with van der Waals surface area (Å²) in [6, 6.07) is 18.7. The second-order valence-corrected chi connectivity index (χ2v) is 10.2. The van der Waals surface area contributed by atoms with Crippen LogP contribution in [0.3, 0.4) is 0 Å². The molecule has 0 aliphatic carbocycles. The number of hydrogen-bond donors (Lipinski definition) is 0. The maximum absolute atomic E-state index is 13.4. The van der Waals surface area contributed by atoms with Crippen molar-refractivity contribution in [3.63, 3.8) is 0 Å². The number of ether oxygens (including phenoxy) is 2. The van der Waals surface area contributed by atoms with Gasteiger partial charge < -0.3 is 24.2 Å². The molecule has 0 radical (unpaired) electrons. The number of anilines is 1. The van der Waals surface area contributed by atoms with Crippen molar-refractivity contribution < 1.29 is 19.1 Å². The van der Waals surface area contributed by atoms with Gasteiger partial charge in [-0.25, -0.2) is 0 Å². The molecular formula is C31H39N5O4. The summed E-state index contributed by atoms with van der Waals surface area (Å²) in [7, 11) is 3.24. The van der Waals surface area contributed by atoms with E-state index in [-0.39, 0.29) is 24.3 Å². The van der Waals surface area contributed by atoms with Crippen LogP contribution in [0.5, 0.6) is 11.5 Å². The van der Waals surface area contributed by atoms with Crippen LogP contribution in [0.25, 0.3) is 11.3 Å². The molecule has 1 unspecified atom stereocenters. The minimum absolute atomic E-state index is 0.0357. The van der Waals surface area contributed by atoms with Gasteiger partial charge in [-0.05, 0) is 60.9 Å². The van der Waals surface area contributed by atoms with Crippen molar-refractivity contribution in [3.8, 4) is 22.8 Å². The number of hydrogen-bond acceptors (Lipinski definition) is 7. The van der Waals surface area contributed by atoms with Crippen molar-refractivity contribution in [2.45, 2.75) is 26.7 Å². The van der Waals surface area contributed by atoms with Gasteiger partial charge in [0.1, 0.15) is 18.0 Å². The summed E-state index contributed by atoms with van der Waals surface area (Å²) >= 11 is 0. The molecule has 1 fully saturated rings. The maximum Gasteiger partial charge on any atom is 0.254 e. The van der Waals surface area contributed by atoms with Crippen molar-refractivity contribution in [2.24, 2.45) is 5.92 Å². The molecule has 9 nitrogen and oxygen atoms in total. The van der Waals surface area contributed by atoms with E-state index in [1.807, 2.05) is 41.3 Å². The van der Waals surface area contributed by atoms with Crippen LogP contribution in [0.1, 0.15) is 37.0 Å². The quantitative estimate of drug-likeness (QED) is 0.373. The van der Waals surface area contributed by atoms with Crippen molar-refractivity contribution in [2.75, 3.05) is 58.4 Å². The van der Waals surface area contributed by atoms with Crippen LogP contribution in [0.4, 0.5) is 5.82 Å². The summed E-state index contributed by atoms with van der Waals surface area (Å²) in [6.07, 6.45) is 1.74. The average Bonchev–Trinajstić information content (AvgIpc) is 3.27. The molecular weight excluding hydrogens is 506 g/mol. The Bertz CT molecular complexity index is 1270. The number of benzene rings is 2. The second-order valence-electron chi connectivity index (χ2n) is 10.2. The fraction of sp³-hybridized carbons (Fsp3) is 0.419. The lowest BCUT2D eigenvalue weighted by Crippen LogP contribution is -2.45. The molecule has 1 aliphatic heterocycles. The van der Waals surface area contributed by atoms with Gasteiger partial charge in [0.05, 0.1) is 19.9 Å². The Morgan fingerprint density at radius 3 is 2.38 bits per heavy atom. The lowest BCUT2D eigenvalue weighted by molar-refractivity contribution is -0.131. The van der Waals surface area contributed by atoms with E-state index < -0.39 is 0 Å². The molecule has 9 heteroatoms. The van der Waals surface area contributed by atoms with E-state index in [0.717, 1.165) is 42.2 Å². The van der Waals surface area contributed by atoms with Crippen molar-refractivity contribution >= 4 is 17.6 Å². The van der Waals surface area contributed by atoms with Gasteiger partial charge >= 0.3 is 0 Å². The lowest BCUT2D eigenvalue weighted by atomic mass is 10.1. The number of aromatic nitrogens is 2. The molecule has 40 heavy (non-hydrogen) atoms. The molecule has 2 amide bonds. The predicted octanol–water partition coefficient (Wildman–Crippen LogP) is 4.39. The van der Waals surface area contributed by atoms with Gasteiger partial charge in [0.2, 0.25) is 5.91 Å². The number of rotatable bonds is 10. The normalized spacial score (nSPS) is 14.3. The van der Waals surface area contributed by atoms with Crippen LogP contribution in [-0.4, -0.2) is 85.3 Å². The first-order valence-electron chi connectivity index (χ1n) is 13.9. The first-order valence-corrected chi connectivity index (χ1v) is 13.9. The molecule has 0 spiro atoms. The van der Waals surface area contributed by atoms with Crippen LogP contribution < -0.4 is 14.4 Å². The number of carbonyl (C=O) groups excluding carboxylic acids is 2. The first kappa shape index (κ1) is 28.9. The van der Waals surface area contributed by atoms with Gasteiger partial charge in [0, 0.05) is 43.9 Å². The maximum atomic E-state index is 13.4. The van der Waals surface area contributed by atoms with Gasteiger partial charge in [-0.3, -0.25) is 9.59 Å². The predicted molar refractivity (Wildman–Crippen MR) is 156 cm³/mol. The molecule has 0 saturated carbocycles. The van der Waals surface area contributed by atoms with Crippen LogP contribution >= 0.6 is 0 Å². The van der Waals surface area contributed by atoms with E-state index in [9.17, 15) is 9.59 Å². The Balaban J connectivity index is 1.39. The lowest BCUT2D eigenvalue weighted by Gasteiger charge is -2.29. The molecule has 1 saturated heterocycles. The van der Waals surface area contributed by atoms with E-state index in [4.69, 9.17) is 9.47 Å². The van der Waals surface area contributed by atoms with E-state index in [2.05, 4.69) is 28.9 Å². The third-order valence-corrected chi connectivity index (χ3v) is 7.37. The van der Waals surface area contributed by atoms with E-state index in [1.165, 1.54) is 0 Å². The van der Waals surface area contributed by atoms with Crippen LogP contribution in [0.15, 0.2) is 60.7 Å². The minimum atomic E-state index is -0.140. The smallest absolute Gasteiger partial charge is 0.254 e. The fourth-order valence-electron chi connectivity index (χ4n) is 4.73. The van der Waals surface area contributed by atoms with Gasteiger partial charge in [-0.2, -0.15) is 0 Å². The molecule has 1 aromatic heterocycles. The molecule has 1 atom stereocenters. The SMILES string of the molecule is CCC(C)CN(CC(=O)N1CCCN(c2ccc(-c3cccc(OC)c3)nn2)CC1)C(=O)c1ccc(OC)cc1. The Morgan fingerprint density at radius 1 is 0.925 bits per heavy atom. The highest BCUT2D eigenvalue weighted by Crippen LogP contribution is 2.23. The van der Waals surface area contributed by atoms with Crippen LogP contribution in [-0.2, 0) is 4.79 Å². The Hall–Kier alpha value is -4.14. The van der Waals surface area contributed by atoms with E-state index in [0.29, 0.717) is 37.5 Å². The molecule has 2 heterocycles. The number of methoxy groups -OCH3 is 2. The van der Waals surface area contributed by atoms with Crippen LogP contribution in [0, 0.1) is 5.92 Å². The zero-order valence-electron chi connectivity index (χ0n) is 23.9. The molecule has 1 aliphatic rings. The summed E-state index contributed by atoms with van der Waals surface area (Å²) < 4.78 is 10.5. The molecule has 0 N–H and O–H groups in total. The van der Waals surface area contributed by atoms with Crippen molar-refractivity contribution in [1.82, 2.24) is 20.0 Å². The summed E-state index contributed by atoms with van der Waals surface area (Å²) in [5, 5.41) is 8.91. The zero-order valence-corrected chi connectivity index (χ0v) is 23.9. The van der Waals surface area contributed by atoms with Gasteiger partial charge in [-0.15, -0.1) is 10.2 Å². The summed E-state index contributed by atoms with van der Waals surface area (Å²) in [4.78, 5) is 32.5. The molecule has 0 bridgehead atoms. The van der Waals surface area contributed by atoms with E-state index in [1.54, 1.807) is 43.4 Å².